The van der Waals surface area contributed by atoms with Crippen LogP contribution < -0.4 is 0 Å². The minimum absolute atomic E-state index is 0.0400. The molecule has 0 atom stereocenters. The smallest absolute Gasteiger partial charge is 0.230 e. The number of Topliss-reactive ketones (excluding diaryl/α,β-unsaturated/α-hetero) is 1. The number of amides is 1. The lowest BCUT2D eigenvalue weighted by atomic mass is 10.1. The molecule has 1 aromatic carbocycles. The molecule has 0 bridgehead atoms. The third-order valence-corrected chi connectivity index (χ3v) is 3.44. The number of rotatable bonds is 3. The van der Waals surface area contributed by atoms with E-state index in [2.05, 4.69) is 0 Å². The van der Waals surface area contributed by atoms with E-state index in [0.29, 0.717) is 10.6 Å². The van der Waals surface area contributed by atoms with Gasteiger partial charge in [-0.25, -0.2) is 0 Å². The largest absolute Gasteiger partial charge is 0.342 e. The van der Waals surface area contributed by atoms with Crippen molar-refractivity contribution in [2.45, 2.75) is 25.7 Å². The molecule has 3 nitrogen and oxygen atoms in total. The number of nitrogens with zero attached hydrogens (tertiary/aromatic N) is 1. The second-order valence-corrected chi connectivity index (χ2v) is 4.98. The van der Waals surface area contributed by atoms with Gasteiger partial charge in [-0.2, -0.15) is 0 Å². The van der Waals surface area contributed by atoms with Gasteiger partial charge in [-0.1, -0.05) is 11.6 Å². The Hall–Kier alpha value is -1.35. The molecule has 0 spiro atoms. The summed E-state index contributed by atoms with van der Waals surface area (Å²) >= 11 is 5.76. The lowest BCUT2D eigenvalue weighted by molar-refractivity contribution is -0.131. The Morgan fingerprint density at radius 1 is 1.06 bits per heavy atom. The number of benzene rings is 1. The van der Waals surface area contributed by atoms with E-state index < -0.39 is 0 Å². The minimum atomic E-state index is -0.137. The van der Waals surface area contributed by atoms with Gasteiger partial charge in [-0.3, -0.25) is 9.59 Å². The van der Waals surface area contributed by atoms with E-state index in [1.165, 1.54) is 6.42 Å². The summed E-state index contributed by atoms with van der Waals surface area (Å²) in [7, 11) is 0. The fourth-order valence-electron chi connectivity index (χ4n) is 2.13. The molecule has 1 saturated heterocycles. The van der Waals surface area contributed by atoms with Gasteiger partial charge in [0.2, 0.25) is 5.91 Å². The van der Waals surface area contributed by atoms with E-state index in [1.807, 2.05) is 0 Å². The van der Waals surface area contributed by atoms with Crippen molar-refractivity contribution in [1.29, 1.82) is 0 Å². The highest BCUT2D eigenvalue weighted by Crippen LogP contribution is 2.14. The van der Waals surface area contributed by atoms with Crippen LogP contribution in [-0.2, 0) is 4.79 Å². The number of carbonyl (C=O) groups is 2. The summed E-state index contributed by atoms with van der Waals surface area (Å²) in [4.78, 5) is 25.6. The molecule has 0 radical (unpaired) electrons. The fraction of sp³-hybridized carbons (Fsp3) is 0.429. The van der Waals surface area contributed by atoms with Crippen molar-refractivity contribution in [2.75, 3.05) is 13.1 Å². The highest BCUT2D eigenvalue weighted by atomic mass is 35.5. The minimum Gasteiger partial charge on any atom is -0.342 e. The summed E-state index contributed by atoms with van der Waals surface area (Å²) in [5, 5.41) is 0.592. The summed E-state index contributed by atoms with van der Waals surface area (Å²) in [5.41, 5.74) is 0.546. The summed E-state index contributed by atoms with van der Waals surface area (Å²) < 4.78 is 0. The highest BCUT2D eigenvalue weighted by Gasteiger charge is 2.19. The monoisotopic (exact) mass is 265 g/mol. The number of ketones is 1. The topological polar surface area (TPSA) is 37.4 Å². The summed E-state index contributed by atoms with van der Waals surface area (Å²) in [6.45, 7) is 1.57. The molecule has 18 heavy (non-hydrogen) atoms. The predicted molar refractivity (Wildman–Crippen MR) is 70.8 cm³/mol. The summed E-state index contributed by atoms with van der Waals surface area (Å²) in [5.74, 6) is -0.197. The van der Waals surface area contributed by atoms with Crippen LogP contribution in [-0.4, -0.2) is 29.7 Å². The maximum atomic E-state index is 11.9. The summed E-state index contributed by atoms with van der Waals surface area (Å²) in [6.07, 6.45) is 3.22. The van der Waals surface area contributed by atoms with Crippen LogP contribution in [0.5, 0.6) is 0 Å². The van der Waals surface area contributed by atoms with Crippen molar-refractivity contribution in [3.05, 3.63) is 34.9 Å². The van der Waals surface area contributed by atoms with E-state index in [-0.39, 0.29) is 18.1 Å². The Labute approximate surface area is 112 Å². The van der Waals surface area contributed by atoms with Crippen molar-refractivity contribution >= 4 is 23.3 Å². The molecule has 1 aliphatic rings. The molecule has 2 rings (SSSR count). The van der Waals surface area contributed by atoms with Crippen LogP contribution in [0.15, 0.2) is 24.3 Å². The Bertz CT molecular complexity index is 436. The van der Waals surface area contributed by atoms with Crippen LogP contribution in [0.2, 0.25) is 5.02 Å². The maximum Gasteiger partial charge on any atom is 0.230 e. The molecule has 1 heterocycles. The van der Waals surface area contributed by atoms with E-state index in [0.717, 1.165) is 25.9 Å². The third kappa shape index (κ3) is 3.33. The molecule has 0 unspecified atom stereocenters. The van der Waals surface area contributed by atoms with Gasteiger partial charge in [0.25, 0.3) is 0 Å². The van der Waals surface area contributed by atoms with Gasteiger partial charge in [-0.15, -0.1) is 0 Å². The SMILES string of the molecule is O=C(CC(=O)N1CCCCC1)c1ccc(Cl)cc1. The van der Waals surface area contributed by atoms with E-state index in [1.54, 1.807) is 29.2 Å². The van der Waals surface area contributed by atoms with Gasteiger partial charge in [0.1, 0.15) is 0 Å². The molecule has 0 aromatic heterocycles. The number of carbonyl (C=O) groups excluding carboxylic acids is 2. The quantitative estimate of drug-likeness (QED) is 0.622. The molecule has 1 aromatic rings. The van der Waals surface area contributed by atoms with Crippen LogP contribution in [0, 0.1) is 0 Å². The standard InChI is InChI=1S/C14H16ClNO2/c15-12-6-4-11(5-7-12)13(17)10-14(18)16-8-2-1-3-9-16/h4-7H,1-3,8-10H2. The van der Waals surface area contributed by atoms with Gasteiger partial charge in [0.05, 0.1) is 6.42 Å². The van der Waals surface area contributed by atoms with Crippen LogP contribution in [0.4, 0.5) is 0 Å². The van der Waals surface area contributed by atoms with E-state index in [9.17, 15) is 9.59 Å². The zero-order valence-electron chi connectivity index (χ0n) is 10.2. The Morgan fingerprint density at radius 2 is 1.67 bits per heavy atom. The molecule has 0 N–H and O–H groups in total. The molecular weight excluding hydrogens is 250 g/mol. The van der Waals surface area contributed by atoms with Crippen molar-refractivity contribution in [2.24, 2.45) is 0 Å². The second kappa shape index (κ2) is 6.01. The van der Waals surface area contributed by atoms with Gasteiger partial charge in [0, 0.05) is 23.7 Å². The number of piperidine rings is 1. The molecule has 0 saturated carbocycles. The Morgan fingerprint density at radius 3 is 2.28 bits per heavy atom. The lowest BCUT2D eigenvalue weighted by Crippen LogP contribution is -2.36. The van der Waals surface area contributed by atoms with E-state index in [4.69, 9.17) is 11.6 Å². The van der Waals surface area contributed by atoms with Crippen molar-refractivity contribution in [3.63, 3.8) is 0 Å². The first kappa shape index (κ1) is 13.1. The molecule has 1 fully saturated rings. The number of halogens is 1. The molecule has 4 heteroatoms. The Balaban J connectivity index is 1.94. The third-order valence-electron chi connectivity index (χ3n) is 3.19. The second-order valence-electron chi connectivity index (χ2n) is 4.55. The van der Waals surface area contributed by atoms with Crippen molar-refractivity contribution in [1.82, 2.24) is 4.90 Å². The van der Waals surface area contributed by atoms with Gasteiger partial charge < -0.3 is 4.90 Å². The van der Waals surface area contributed by atoms with Crippen molar-refractivity contribution < 1.29 is 9.59 Å². The molecular formula is C14H16ClNO2. The van der Waals surface area contributed by atoms with Crippen LogP contribution >= 0.6 is 11.6 Å². The maximum absolute atomic E-state index is 11.9. The molecule has 0 aliphatic carbocycles. The predicted octanol–water partition coefficient (Wildman–Crippen LogP) is 2.93. The first-order valence-corrected chi connectivity index (χ1v) is 6.61. The Kier molecular flexibility index (Phi) is 4.37. The normalized spacial score (nSPS) is 15.5. The first-order chi connectivity index (χ1) is 8.66. The van der Waals surface area contributed by atoms with E-state index >= 15 is 0 Å². The molecule has 1 amide bonds. The lowest BCUT2D eigenvalue weighted by Gasteiger charge is -2.26. The van der Waals surface area contributed by atoms with Gasteiger partial charge >= 0.3 is 0 Å². The molecule has 1 aliphatic heterocycles. The number of hydrogen-bond acceptors (Lipinski definition) is 2. The van der Waals surface area contributed by atoms with Gasteiger partial charge in [0.15, 0.2) is 5.78 Å². The van der Waals surface area contributed by atoms with Crippen molar-refractivity contribution in [3.8, 4) is 0 Å². The summed E-state index contributed by atoms with van der Waals surface area (Å²) in [6, 6.07) is 6.66. The first-order valence-electron chi connectivity index (χ1n) is 6.23. The van der Waals surface area contributed by atoms with Gasteiger partial charge in [-0.05, 0) is 43.5 Å². The zero-order chi connectivity index (χ0) is 13.0. The van der Waals surface area contributed by atoms with Crippen LogP contribution in [0.25, 0.3) is 0 Å². The highest BCUT2D eigenvalue weighted by molar-refractivity contribution is 6.30. The average molecular weight is 266 g/mol. The number of hydrogen-bond donors (Lipinski definition) is 0. The average Bonchev–Trinajstić information content (AvgIpc) is 2.40. The van der Waals surface area contributed by atoms with Crippen LogP contribution in [0.3, 0.4) is 0 Å². The zero-order valence-corrected chi connectivity index (χ0v) is 10.9. The number of likely N-dealkylation sites (tertiary alicyclic amines) is 1. The van der Waals surface area contributed by atoms with Crippen LogP contribution in [0.1, 0.15) is 36.0 Å². The fourth-order valence-corrected chi connectivity index (χ4v) is 2.26. The molecule has 96 valence electrons.